The van der Waals surface area contributed by atoms with E-state index >= 15 is 0 Å². The molecular formula is C20H30FIN6. The number of nitrogens with one attached hydrogen (secondary N) is 2. The Morgan fingerprint density at radius 3 is 2.86 bits per heavy atom. The Labute approximate surface area is 183 Å². The van der Waals surface area contributed by atoms with Gasteiger partial charge < -0.3 is 15.2 Å². The Kier molecular flexibility index (Phi) is 8.65. The molecule has 2 heterocycles. The third-order valence-electron chi connectivity index (χ3n) is 4.96. The number of hydrogen-bond donors (Lipinski definition) is 2. The number of rotatable bonds is 5. The van der Waals surface area contributed by atoms with Gasteiger partial charge in [-0.25, -0.2) is 9.38 Å². The summed E-state index contributed by atoms with van der Waals surface area (Å²) in [5, 5.41) is 15.3. The summed E-state index contributed by atoms with van der Waals surface area (Å²) in [5.74, 6) is 2.48. The summed E-state index contributed by atoms with van der Waals surface area (Å²) < 4.78 is 16.1. The van der Waals surface area contributed by atoms with Crippen molar-refractivity contribution in [1.29, 1.82) is 0 Å². The van der Waals surface area contributed by atoms with E-state index in [0.29, 0.717) is 18.1 Å². The number of guanidine groups is 1. The molecule has 154 valence electrons. The van der Waals surface area contributed by atoms with E-state index < -0.39 is 0 Å². The fourth-order valence-corrected chi connectivity index (χ4v) is 3.30. The van der Waals surface area contributed by atoms with E-state index in [0.717, 1.165) is 43.1 Å². The van der Waals surface area contributed by atoms with Crippen molar-refractivity contribution in [2.45, 2.75) is 65.6 Å². The number of aliphatic imine (C=N–C) groups is 1. The van der Waals surface area contributed by atoms with Crippen molar-refractivity contribution in [3.8, 4) is 0 Å². The maximum atomic E-state index is 13.9. The quantitative estimate of drug-likeness (QED) is 0.372. The van der Waals surface area contributed by atoms with Gasteiger partial charge in [-0.3, -0.25) is 0 Å². The average molecular weight is 500 g/mol. The van der Waals surface area contributed by atoms with Crippen LogP contribution in [0.5, 0.6) is 0 Å². The highest BCUT2D eigenvalue weighted by atomic mass is 127. The van der Waals surface area contributed by atoms with Crippen LogP contribution in [0.25, 0.3) is 0 Å². The molecule has 1 aromatic heterocycles. The SMILES string of the molecule is CCNC(=NCc1nnc2n1CCCCC2)NC(C)c1ccc(C)c(F)c1.I. The van der Waals surface area contributed by atoms with Crippen LogP contribution in [0.4, 0.5) is 4.39 Å². The lowest BCUT2D eigenvalue weighted by molar-refractivity contribution is 0.602. The zero-order chi connectivity index (χ0) is 19.2. The van der Waals surface area contributed by atoms with Crippen LogP contribution < -0.4 is 10.6 Å². The van der Waals surface area contributed by atoms with Crippen LogP contribution in [0, 0.1) is 12.7 Å². The lowest BCUT2D eigenvalue weighted by Gasteiger charge is -2.18. The standard InChI is InChI=1S/C20H29FN6.HI/c1-4-22-20(24-15(3)16-10-9-14(2)17(21)12-16)23-13-19-26-25-18-8-6-5-7-11-27(18)19;/h9-10,12,15H,4-8,11,13H2,1-3H3,(H2,22,23,24);1H. The molecule has 0 saturated carbocycles. The minimum absolute atomic E-state index is 0. The molecule has 0 bridgehead atoms. The lowest BCUT2D eigenvalue weighted by Crippen LogP contribution is -2.38. The molecule has 1 atom stereocenters. The number of nitrogens with zero attached hydrogens (tertiary/aromatic N) is 4. The molecule has 0 aliphatic carbocycles. The highest BCUT2D eigenvalue weighted by Crippen LogP contribution is 2.17. The molecule has 8 heteroatoms. The summed E-state index contributed by atoms with van der Waals surface area (Å²) in [5.41, 5.74) is 1.54. The van der Waals surface area contributed by atoms with Crippen molar-refractivity contribution in [3.63, 3.8) is 0 Å². The third-order valence-corrected chi connectivity index (χ3v) is 4.96. The zero-order valence-electron chi connectivity index (χ0n) is 16.8. The second-order valence-corrected chi connectivity index (χ2v) is 7.06. The van der Waals surface area contributed by atoms with Gasteiger partial charge in [0.25, 0.3) is 0 Å². The van der Waals surface area contributed by atoms with E-state index in [1.807, 2.05) is 19.9 Å². The Balaban J connectivity index is 0.00000280. The monoisotopic (exact) mass is 500 g/mol. The minimum Gasteiger partial charge on any atom is -0.357 e. The summed E-state index contributed by atoms with van der Waals surface area (Å²) in [7, 11) is 0. The Morgan fingerprint density at radius 1 is 1.29 bits per heavy atom. The molecular weight excluding hydrogens is 470 g/mol. The number of hydrogen-bond acceptors (Lipinski definition) is 3. The van der Waals surface area contributed by atoms with Gasteiger partial charge in [-0.1, -0.05) is 18.6 Å². The molecule has 0 spiro atoms. The van der Waals surface area contributed by atoms with Crippen LogP contribution in [-0.2, 0) is 19.5 Å². The second kappa shape index (κ2) is 10.7. The van der Waals surface area contributed by atoms with E-state index in [9.17, 15) is 4.39 Å². The Hall–Kier alpha value is -1.71. The van der Waals surface area contributed by atoms with Gasteiger partial charge in [0.1, 0.15) is 18.2 Å². The van der Waals surface area contributed by atoms with Crippen molar-refractivity contribution < 1.29 is 4.39 Å². The summed E-state index contributed by atoms with van der Waals surface area (Å²) in [6.07, 6.45) is 4.57. The first-order valence-corrected chi connectivity index (χ1v) is 9.80. The molecule has 1 aliphatic heterocycles. The topological polar surface area (TPSA) is 67.1 Å². The first-order valence-electron chi connectivity index (χ1n) is 9.80. The third kappa shape index (κ3) is 5.65. The van der Waals surface area contributed by atoms with Crippen molar-refractivity contribution in [2.24, 2.45) is 4.99 Å². The van der Waals surface area contributed by atoms with Crippen molar-refractivity contribution in [3.05, 3.63) is 46.8 Å². The van der Waals surface area contributed by atoms with Crippen LogP contribution >= 0.6 is 24.0 Å². The number of aromatic nitrogens is 3. The molecule has 6 nitrogen and oxygen atoms in total. The smallest absolute Gasteiger partial charge is 0.192 e. The van der Waals surface area contributed by atoms with Crippen LogP contribution in [-0.4, -0.2) is 27.3 Å². The molecule has 0 radical (unpaired) electrons. The maximum Gasteiger partial charge on any atom is 0.192 e. The van der Waals surface area contributed by atoms with E-state index in [-0.39, 0.29) is 35.8 Å². The van der Waals surface area contributed by atoms with Crippen molar-refractivity contribution >= 4 is 29.9 Å². The maximum absolute atomic E-state index is 13.9. The van der Waals surface area contributed by atoms with Crippen LogP contribution in [0.2, 0.25) is 0 Å². The summed E-state index contributed by atoms with van der Waals surface area (Å²) in [6.45, 7) is 7.98. The van der Waals surface area contributed by atoms with Crippen molar-refractivity contribution in [2.75, 3.05) is 6.54 Å². The second-order valence-electron chi connectivity index (χ2n) is 7.06. The highest BCUT2D eigenvalue weighted by Gasteiger charge is 2.15. The number of aryl methyl sites for hydroxylation is 2. The van der Waals surface area contributed by atoms with Crippen LogP contribution in [0.1, 0.15) is 61.9 Å². The first-order chi connectivity index (χ1) is 13.1. The molecule has 1 unspecified atom stereocenters. The van der Waals surface area contributed by atoms with Gasteiger partial charge in [-0.15, -0.1) is 34.2 Å². The zero-order valence-corrected chi connectivity index (χ0v) is 19.2. The predicted octanol–water partition coefficient (Wildman–Crippen LogP) is 3.89. The molecule has 0 amide bonds. The molecule has 1 aliphatic rings. The number of benzene rings is 1. The van der Waals surface area contributed by atoms with Gasteiger partial charge >= 0.3 is 0 Å². The van der Waals surface area contributed by atoms with Crippen LogP contribution in [0.15, 0.2) is 23.2 Å². The van der Waals surface area contributed by atoms with Crippen molar-refractivity contribution in [1.82, 2.24) is 25.4 Å². The van der Waals surface area contributed by atoms with Crippen LogP contribution in [0.3, 0.4) is 0 Å². The molecule has 28 heavy (non-hydrogen) atoms. The minimum atomic E-state index is -0.186. The molecule has 2 N–H and O–H groups in total. The Bertz CT molecular complexity index is 804. The molecule has 0 saturated heterocycles. The normalized spacial score (nSPS) is 15.2. The average Bonchev–Trinajstić information content (AvgIpc) is 2.88. The summed E-state index contributed by atoms with van der Waals surface area (Å²) >= 11 is 0. The first kappa shape index (κ1) is 22.6. The summed E-state index contributed by atoms with van der Waals surface area (Å²) in [4.78, 5) is 4.68. The fraction of sp³-hybridized carbons (Fsp3) is 0.550. The van der Waals surface area contributed by atoms with E-state index in [2.05, 4.69) is 30.4 Å². The van der Waals surface area contributed by atoms with Gasteiger partial charge in [-0.2, -0.15) is 0 Å². The van der Waals surface area contributed by atoms with E-state index in [1.165, 1.54) is 12.8 Å². The molecule has 2 aromatic rings. The van der Waals surface area contributed by atoms with Gasteiger partial charge in [-0.05, 0) is 50.8 Å². The highest BCUT2D eigenvalue weighted by molar-refractivity contribution is 14.0. The van der Waals surface area contributed by atoms with Gasteiger partial charge in [0, 0.05) is 19.5 Å². The largest absolute Gasteiger partial charge is 0.357 e. The fourth-order valence-electron chi connectivity index (χ4n) is 3.30. The predicted molar refractivity (Wildman–Crippen MR) is 120 cm³/mol. The molecule has 0 fully saturated rings. The van der Waals surface area contributed by atoms with Gasteiger partial charge in [0.15, 0.2) is 11.8 Å². The molecule has 3 rings (SSSR count). The van der Waals surface area contributed by atoms with E-state index in [1.54, 1.807) is 19.1 Å². The summed E-state index contributed by atoms with van der Waals surface area (Å²) in [6, 6.07) is 5.26. The number of halogens is 2. The Morgan fingerprint density at radius 2 is 2.11 bits per heavy atom. The van der Waals surface area contributed by atoms with E-state index in [4.69, 9.17) is 0 Å². The van der Waals surface area contributed by atoms with Gasteiger partial charge in [0.05, 0.1) is 6.04 Å². The van der Waals surface area contributed by atoms with Gasteiger partial charge in [0.2, 0.25) is 0 Å². The molecule has 1 aromatic carbocycles. The lowest BCUT2D eigenvalue weighted by atomic mass is 10.1. The number of fused-ring (bicyclic) bond motifs is 1.